The topological polar surface area (TPSA) is 72.2 Å². The van der Waals surface area contributed by atoms with Crippen molar-refractivity contribution in [3.63, 3.8) is 0 Å². The van der Waals surface area contributed by atoms with Crippen molar-refractivity contribution in [1.29, 1.82) is 5.26 Å². The van der Waals surface area contributed by atoms with Crippen LogP contribution in [0.5, 0.6) is 5.75 Å². The van der Waals surface area contributed by atoms with Crippen LogP contribution in [0.4, 0.5) is 10.1 Å². The molecular weight excluding hydrogens is 271 g/mol. The minimum absolute atomic E-state index is 0.00960. The van der Waals surface area contributed by atoms with Gasteiger partial charge in [0.25, 0.3) is 0 Å². The number of ether oxygens (including phenoxy) is 1. The Balaban J connectivity index is 1.93. The minimum Gasteiger partial charge on any atom is -0.483 e. The van der Waals surface area contributed by atoms with Gasteiger partial charge in [-0.2, -0.15) is 5.26 Å². The van der Waals surface area contributed by atoms with E-state index < -0.39 is 5.82 Å². The fraction of sp³-hybridized carbons (Fsp3) is 0.0625. The zero-order valence-electron chi connectivity index (χ0n) is 11.0. The van der Waals surface area contributed by atoms with E-state index in [4.69, 9.17) is 20.1 Å². The summed E-state index contributed by atoms with van der Waals surface area (Å²) in [6.07, 6.45) is 0. The van der Waals surface area contributed by atoms with Crippen molar-refractivity contribution < 1.29 is 13.5 Å². The minimum atomic E-state index is -0.443. The van der Waals surface area contributed by atoms with E-state index in [0.717, 1.165) is 0 Å². The molecule has 2 N–H and O–H groups in total. The van der Waals surface area contributed by atoms with Crippen molar-refractivity contribution in [3.05, 3.63) is 59.6 Å². The molecule has 5 heteroatoms. The number of hydrogen-bond acceptors (Lipinski definition) is 4. The van der Waals surface area contributed by atoms with Crippen LogP contribution in [0.3, 0.4) is 0 Å². The summed E-state index contributed by atoms with van der Waals surface area (Å²) in [7, 11) is 0. The van der Waals surface area contributed by atoms with Gasteiger partial charge in [0.1, 0.15) is 24.1 Å². The van der Waals surface area contributed by atoms with Gasteiger partial charge in [-0.15, -0.1) is 0 Å². The zero-order valence-corrected chi connectivity index (χ0v) is 11.0. The summed E-state index contributed by atoms with van der Waals surface area (Å²) in [6, 6.07) is 13.5. The molecule has 0 fully saturated rings. The predicted octanol–water partition coefficient (Wildman–Crippen LogP) is 3.60. The van der Waals surface area contributed by atoms with Gasteiger partial charge >= 0.3 is 0 Å². The standard InChI is InChI=1S/C16H11FN2O2/c17-13-7-11(19)6-5-10(13)9-20-16-12-3-1-2-4-14(12)21-15(16)8-18/h1-7H,9,19H2. The Kier molecular flexibility index (Phi) is 3.20. The molecule has 0 saturated carbocycles. The Morgan fingerprint density at radius 3 is 2.81 bits per heavy atom. The first kappa shape index (κ1) is 13.0. The lowest BCUT2D eigenvalue weighted by atomic mass is 10.2. The van der Waals surface area contributed by atoms with Crippen LogP contribution < -0.4 is 10.5 Å². The zero-order chi connectivity index (χ0) is 14.8. The first-order chi connectivity index (χ1) is 10.2. The summed E-state index contributed by atoms with van der Waals surface area (Å²) >= 11 is 0. The van der Waals surface area contributed by atoms with E-state index in [9.17, 15) is 4.39 Å². The average molecular weight is 282 g/mol. The van der Waals surface area contributed by atoms with Crippen LogP contribution >= 0.6 is 0 Å². The Bertz CT molecular complexity index is 849. The fourth-order valence-corrected chi connectivity index (χ4v) is 2.07. The normalized spacial score (nSPS) is 10.5. The van der Waals surface area contributed by atoms with E-state index in [1.165, 1.54) is 6.07 Å². The van der Waals surface area contributed by atoms with Crippen LogP contribution in [0.2, 0.25) is 0 Å². The molecule has 0 saturated heterocycles. The Morgan fingerprint density at radius 1 is 1.24 bits per heavy atom. The fourth-order valence-electron chi connectivity index (χ4n) is 2.07. The highest BCUT2D eigenvalue weighted by Gasteiger charge is 2.15. The number of para-hydroxylation sites is 1. The van der Waals surface area contributed by atoms with Crippen molar-refractivity contribution in [2.45, 2.75) is 6.61 Å². The second kappa shape index (κ2) is 5.17. The van der Waals surface area contributed by atoms with Gasteiger partial charge in [0.2, 0.25) is 5.76 Å². The molecule has 1 aromatic heterocycles. The largest absolute Gasteiger partial charge is 0.483 e. The van der Waals surface area contributed by atoms with Crippen molar-refractivity contribution in [2.75, 3.05) is 5.73 Å². The van der Waals surface area contributed by atoms with Gasteiger partial charge in [0.15, 0.2) is 5.75 Å². The molecule has 2 aromatic carbocycles. The van der Waals surface area contributed by atoms with E-state index in [-0.39, 0.29) is 12.4 Å². The van der Waals surface area contributed by atoms with Crippen molar-refractivity contribution in [2.24, 2.45) is 0 Å². The molecule has 104 valence electrons. The number of rotatable bonds is 3. The molecule has 3 rings (SSSR count). The molecule has 0 aliphatic heterocycles. The van der Waals surface area contributed by atoms with Crippen LogP contribution in [0.1, 0.15) is 11.3 Å². The number of nitrogen functional groups attached to an aromatic ring is 1. The second-order valence-electron chi connectivity index (χ2n) is 4.51. The van der Waals surface area contributed by atoms with E-state index >= 15 is 0 Å². The average Bonchev–Trinajstić information content (AvgIpc) is 2.84. The summed E-state index contributed by atoms with van der Waals surface area (Å²) in [5.74, 6) is -0.0438. The Labute approximate surface area is 120 Å². The SMILES string of the molecule is N#Cc1oc2ccccc2c1OCc1ccc(N)cc1F. The van der Waals surface area contributed by atoms with E-state index in [0.29, 0.717) is 28.0 Å². The van der Waals surface area contributed by atoms with Gasteiger partial charge in [-0.05, 0) is 24.3 Å². The summed E-state index contributed by atoms with van der Waals surface area (Å²) in [5.41, 5.74) is 6.77. The molecule has 1 heterocycles. The molecule has 0 bridgehead atoms. The molecule has 3 aromatic rings. The summed E-state index contributed by atoms with van der Waals surface area (Å²) < 4.78 is 24.7. The highest BCUT2D eigenvalue weighted by atomic mass is 19.1. The van der Waals surface area contributed by atoms with Crippen molar-refractivity contribution >= 4 is 16.7 Å². The van der Waals surface area contributed by atoms with E-state index in [2.05, 4.69) is 0 Å². The molecule has 0 amide bonds. The Hall–Kier alpha value is -3.00. The third-order valence-electron chi connectivity index (χ3n) is 3.10. The van der Waals surface area contributed by atoms with Crippen LogP contribution in [-0.4, -0.2) is 0 Å². The smallest absolute Gasteiger partial charge is 0.246 e. The van der Waals surface area contributed by atoms with Crippen LogP contribution in [0, 0.1) is 17.1 Å². The molecule has 0 aliphatic carbocycles. The highest BCUT2D eigenvalue weighted by molar-refractivity contribution is 5.86. The molecule has 4 nitrogen and oxygen atoms in total. The highest BCUT2D eigenvalue weighted by Crippen LogP contribution is 2.33. The third-order valence-corrected chi connectivity index (χ3v) is 3.10. The number of benzene rings is 2. The van der Waals surface area contributed by atoms with Gasteiger partial charge in [-0.25, -0.2) is 4.39 Å². The predicted molar refractivity (Wildman–Crippen MR) is 76.1 cm³/mol. The van der Waals surface area contributed by atoms with Crippen LogP contribution in [0.25, 0.3) is 11.0 Å². The summed E-state index contributed by atoms with van der Waals surface area (Å²) in [5, 5.41) is 9.78. The molecule has 0 atom stereocenters. The molecule has 0 radical (unpaired) electrons. The number of hydrogen-bond donors (Lipinski definition) is 1. The lowest BCUT2D eigenvalue weighted by Crippen LogP contribution is -2.00. The first-order valence-electron chi connectivity index (χ1n) is 6.27. The monoisotopic (exact) mass is 282 g/mol. The lowest BCUT2D eigenvalue weighted by Gasteiger charge is -2.06. The maximum Gasteiger partial charge on any atom is 0.246 e. The van der Waals surface area contributed by atoms with E-state index in [1.807, 2.05) is 12.1 Å². The summed E-state index contributed by atoms with van der Waals surface area (Å²) in [6.45, 7) is -0.00960. The van der Waals surface area contributed by atoms with Gasteiger partial charge in [-0.1, -0.05) is 18.2 Å². The number of nitriles is 1. The number of furan rings is 1. The van der Waals surface area contributed by atoms with Crippen LogP contribution in [-0.2, 0) is 6.61 Å². The maximum absolute atomic E-state index is 13.7. The third kappa shape index (κ3) is 2.39. The summed E-state index contributed by atoms with van der Waals surface area (Å²) in [4.78, 5) is 0. The number of nitrogens with zero attached hydrogens (tertiary/aromatic N) is 1. The van der Waals surface area contributed by atoms with E-state index in [1.54, 1.807) is 30.3 Å². The number of halogens is 1. The maximum atomic E-state index is 13.7. The Morgan fingerprint density at radius 2 is 2.05 bits per heavy atom. The lowest BCUT2D eigenvalue weighted by molar-refractivity contribution is 0.297. The molecule has 0 unspecified atom stereocenters. The van der Waals surface area contributed by atoms with Crippen LogP contribution in [0.15, 0.2) is 46.9 Å². The number of nitrogens with two attached hydrogens (primary N) is 1. The second-order valence-corrected chi connectivity index (χ2v) is 4.51. The number of anilines is 1. The first-order valence-corrected chi connectivity index (χ1v) is 6.27. The molecular formula is C16H11FN2O2. The van der Waals surface area contributed by atoms with Crippen molar-refractivity contribution in [1.82, 2.24) is 0 Å². The van der Waals surface area contributed by atoms with Gasteiger partial charge in [0, 0.05) is 11.3 Å². The molecule has 0 aliphatic rings. The quantitative estimate of drug-likeness (QED) is 0.745. The van der Waals surface area contributed by atoms with Gasteiger partial charge in [-0.3, -0.25) is 0 Å². The number of fused-ring (bicyclic) bond motifs is 1. The van der Waals surface area contributed by atoms with Gasteiger partial charge < -0.3 is 14.9 Å². The molecule has 21 heavy (non-hydrogen) atoms. The van der Waals surface area contributed by atoms with Gasteiger partial charge in [0.05, 0.1) is 5.39 Å². The van der Waals surface area contributed by atoms with Crippen molar-refractivity contribution in [3.8, 4) is 11.8 Å². The molecule has 0 spiro atoms.